The van der Waals surface area contributed by atoms with Gasteiger partial charge in [0.25, 0.3) is 0 Å². The fourth-order valence-electron chi connectivity index (χ4n) is 3.56. The van der Waals surface area contributed by atoms with Gasteiger partial charge >= 0.3 is 5.97 Å². The first-order valence-corrected chi connectivity index (χ1v) is 10.3. The molecule has 2 heterocycles. The Kier molecular flexibility index (Phi) is 6.54. The second-order valence-corrected chi connectivity index (χ2v) is 8.90. The Labute approximate surface area is 168 Å². The maximum absolute atomic E-state index is 14.9. The van der Waals surface area contributed by atoms with Crippen LogP contribution in [0.2, 0.25) is 0 Å². The van der Waals surface area contributed by atoms with Gasteiger partial charge in [-0.25, -0.2) is 13.8 Å². The van der Waals surface area contributed by atoms with Crippen molar-refractivity contribution in [1.82, 2.24) is 4.98 Å². The molecule has 0 bridgehead atoms. The van der Waals surface area contributed by atoms with Gasteiger partial charge in [-0.1, -0.05) is 19.9 Å². The van der Waals surface area contributed by atoms with E-state index in [1.807, 2.05) is 19.9 Å². The number of aliphatic carboxylic acids is 1. The molecule has 1 aromatic carbocycles. The number of anilines is 1. The Hall–Kier alpha value is -2.15. The van der Waals surface area contributed by atoms with Gasteiger partial charge in [0, 0.05) is 36.5 Å². The summed E-state index contributed by atoms with van der Waals surface area (Å²) in [5, 5.41) is 9.96. The molecule has 0 saturated carbocycles. The van der Waals surface area contributed by atoms with Crippen molar-refractivity contribution in [3.8, 4) is 11.1 Å². The molecule has 1 N–H and O–H groups in total. The number of carbonyl (C=O) groups is 1. The quantitative estimate of drug-likeness (QED) is 0.667. The largest absolute Gasteiger partial charge is 0.481 e. The number of hydrogen-bond donors (Lipinski definition) is 1. The van der Waals surface area contributed by atoms with E-state index in [1.165, 1.54) is 12.1 Å². The number of hydrogen-bond acceptors (Lipinski definition) is 4. The molecule has 28 heavy (non-hydrogen) atoms. The van der Waals surface area contributed by atoms with E-state index in [0.29, 0.717) is 42.3 Å². The Morgan fingerprint density at radius 1 is 1.29 bits per heavy atom. The minimum Gasteiger partial charge on any atom is -0.481 e. The highest BCUT2D eigenvalue weighted by atomic mass is 32.2. The van der Waals surface area contributed by atoms with Crippen LogP contribution in [0.25, 0.3) is 11.1 Å². The van der Waals surface area contributed by atoms with Crippen molar-refractivity contribution in [1.29, 1.82) is 0 Å². The molecule has 0 spiro atoms. The molecule has 1 aliphatic rings. The van der Waals surface area contributed by atoms with E-state index in [4.69, 9.17) is 5.11 Å². The highest BCUT2D eigenvalue weighted by molar-refractivity contribution is 7.99. The van der Waals surface area contributed by atoms with Crippen molar-refractivity contribution in [2.75, 3.05) is 18.0 Å². The normalized spacial score (nSPS) is 15.2. The maximum atomic E-state index is 14.9. The van der Waals surface area contributed by atoms with Gasteiger partial charge in [0.15, 0.2) is 0 Å². The molecule has 7 heteroatoms. The topological polar surface area (TPSA) is 53.4 Å². The summed E-state index contributed by atoms with van der Waals surface area (Å²) in [5.74, 6) is -1.97. The Morgan fingerprint density at radius 3 is 2.50 bits per heavy atom. The van der Waals surface area contributed by atoms with Crippen LogP contribution in [0.1, 0.15) is 33.1 Å². The lowest BCUT2D eigenvalue weighted by Crippen LogP contribution is -2.35. The molecule has 0 amide bonds. The third kappa shape index (κ3) is 4.82. The number of thioether (sulfide) groups is 1. The van der Waals surface area contributed by atoms with Gasteiger partial charge in [0.1, 0.15) is 22.3 Å². The van der Waals surface area contributed by atoms with Crippen molar-refractivity contribution < 1.29 is 18.7 Å². The summed E-state index contributed by atoms with van der Waals surface area (Å²) in [5.41, 5.74) is 1.15. The molecule has 1 aliphatic heterocycles. The smallest absolute Gasteiger partial charge is 0.303 e. The highest BCUT2D eigenvalue weighted by Crippen LogP contribution is 2.36. The molecule has 0 aliphatic carbocycles. The third-order valence-corrected chi connectivity index (χ3v) is 5.86. The van der Waals surface area contributed by atoms with Crippen LogP contribution in [0.15, 0.2) is 35.5 Å². The predicted molar refractivity (Wildman–Crippen MR) is 108 cm³/mol. The van der Waals surface area contributed by atoms with Crippen molar-refractivity contribution >= 4 is 23.4 Å². The second kappa shape index (κ2) is 8.90. The summed E-state index contributed by atoms with van der Waals surface area (Å²) >= 11 is 1.55. The molecule has 1 aromatic heterocycles. The summed E-state index contributed by atoms with van der Waals surface area (Å²) in [7, 11) is 0. The summed E-state index contributed by atoms with van der Waals surface area (Å²) in [4.78, 5) is 16.9. The molecular weight excluding hydrogens is 382 g/mol. The number of benzene rings is 1. The first kappa shape index (κ1) is 20.6. The Bertz CT molecular complexity index is 829. The van der Waals surface area contributed by atoms with Crippen LogP contribution in [0, 0.1) is 17.6 Å². The molecule has 150 valence electrons. The molecule has 1 saturated heterocycles. The van der Waals surface area contributed by atoms with Gasteiger partial charge in [-0.3, -0.25) is 4.79 Å². The van der Waals surface area contributed by atoms with Crippen LogP contribution >= 0.6 is 11.8 Å². The lowest BCUT2D eigenvalue weighted by Gasteiger charge is -2.33. The van der Waals surface area contributed by atoms with Gasteiger partial charge in [-0.2, -0.15) is 0 Å². The molecule has 4 nitrogen and oxygen atoms in total. The first-order valence-electron chi connectivity index (χ1n) is 9.43. The minimum absolute atomic E-state index is 0.0283. The van der Waals surface area contributed by atoms with Crippen LogP contribution < -0.4 is 4.90 Å². The number of nitrogens with zero attached hydrogens (tertiary/aromatic N) is 2. The highest BCUT2D eigenvalue weighted by Gasteiger charge is 2.26. The van der Waals surface area contributed by atoms with Gasteiger partial charge in [0.2, 0.25) is 0 Å². The Balaban J connectivity index is 1.84. The SMILES string of the molecule is CC(C)Sc1ncccc1-c1cc(F)c(N2CCC(CC(=O)O)CC2)c(F)c1. The second-order valence-electron chi connectivity index (χ2n) is 7.34. The maximum Gasteiger partial charge on any atom is 0.303 e. The van der Waals surface area contributed by atoms with Crippen molar-refractivity contribution in [3.05, 3.63) is 42.1 Å². The predicted octanol–water partition coefficient (Wildman–Crippen LogP) is 5.22. The van der Waals surface area contributed by atoms with Gasteiger partial charge < -0.3 is 10.0 Å². The van der Waals surface area contributed by atoms with Gasteiger partial charge in [-0.15, -0.1) is 11.8 Å². The van der Waals surface area contributed by atoms with E-state index in [2.05, 4.69) is 4.98 Å². The lowest BCUT2D eigenvalue weighted by molar-refractivity contribution is -0.138. The van der Waals surface area contributed by atoms with Crippen LogP contribution in [-0.2, 0) is 4.79 Å². The number of rotatable bonds is 6. The van der Waals surface area contributed by atoms with E-state index in [1.54, 1.807) is 28.9 Å². The number of halogens is 2. The summed E-state index contributed by atoms with van der Waals surface area (Å²) < 4.78 is 29.8. The number of pyridine rings is 1. The van der Waals surface area contributed by atoms with E-state index in [-0.39, 0.29) is 18.0 Å². The number of carboxylic acids is 1. The number of carboxylic acid groups (broad SMARTS) is 1. The van der Waals surface area contributed by atoms with Crippen LogP contribution in [0.4, 0.5) is 14.5 Å². The third-order valence-electron chi connectivity index (χ3n) is 4.84. The molecule has 1 fully saturated rings. The zero-order valence-corrected chi connectivity index (χ0v) is 16.8. The number of piperidine rings is 1. The van der Waals surface area contributed by atoms with E-state index in [0.717, 1.165) is 5.03 Å². The van der Waals surface area contributed by atoms with Crippen molar-refractivity contribution in [3.63, 3.8) is 0 Å². The standard InChI is InChI=1S/C21H24F2N2O2S/c1-13(2)28-21-16(4-3-7-24-21)15-11-17(22)20(18(23)12-15)25-8-5-14(6-9-25)10-19(26)27/h3-4,7,11-14H,5-6,8-10H2,1-2H3,(H,26,27). The minimum atomic E-state index is -0.827. The molecule has 0 atom stereocenters. The van der Waals surface area contributed by atoms with Crippen molar-refractivity contribution in [2.24, 2.45) is 5.92 Å². The fraction of sp³-hybridized carbons (Fsp3) is 0.429. The Morgan fingerprint density at radius 2 is 1.93 bits per heavy atom. The molecule has 0 unspecified atom stereocenters. The molecule has 2 aromatic rings. The van der Waals surface area contributed by atoms with Crippen LogP contribution in [0.5, 0.6) is 0 Å². The molecular formula is C21H24F2N2O2S. The zero-order valence-electron chi connectivity index (χ0n) is 16.0. The average molecular weight is 406 g/mol. The summed E-state index contributed by atoms with van der Waals surface area (Å²) in [6, 6.07) is 6.31. The average Bonchev–Trinajstić information content (AvgIpc) is 2.62. The van der Waals surface area contributed by atoms with E-state index in [9.17, 15) is 13.6 Å². The number of aromatic nitrogens is 1. The van der Waals surface area contributed by atoms with Crippen molar-refractivity contribution in [2.45, 2.75) is 43.4 Å². The van der Waals surface area contributed by atoms with E-state index >= 15 is 0 Å². The summed E-state index contributed by atoms with van der Waals surface area (Å²) in [6.45, 7) is 4.99. The van der Waals surface area contributed by atoms with Crippen LogP contribution in [-0.4, -0.2) is 34.4 Å². The molecule has 3 rings (SSSR count). The lowest BCUT2D eigenvalue weighted by atomic mass is 9.93. The molecule has 0 radical (unpaired) electrons. The summed E-state index contributed by atoms with van der Waals surface area (Å²) in [6.07, 6.45) is 3.01. The van der Waals surface area contributed by atoms with Gasteiger partial charge in [-0.05, 0) is 42.5 Å². The van der Waals surface area contributed by atoms with Gasteiger partial charge in [0.05, 0.1) is 0 Å². The fourth-order valence-corrected chi connectivity index (χ4v) is 4.44. The zero-order chi connectivity index (χ0) is 20.3. The first-order chi connectivity index (χ1) is 13.3. The monoisotopic (exact) mass is 406 g/mol. The van der Waals surface area contributed by atoms with E-state index < -0.39 is 17.6 Å². The van der Waals surface area contributed by atoms with Crippen LogP contribution in [0.3, 0.4) is 0 Å².